The number of carbonyl (C=O) groups excluding carboxylic acids is 1. The van der Waals surface area contributed by atoms with Crippen molar-refractivity contribution in [2.24, 2.45) is 5.92 Å². The number of nitriles is 1. The molecule has 0 spiro atoms. The maximum Gasteiger partial charge on any atom is 0.313 e. The fourth-order valence-corrected chi connectivity index (χ4v) is 4.04. The summed E-state index contributed by atoms with van der Waals surface area (Å²) in [5.41, 5.74) is 1.70. The molecule has 1 heterocycles. The molecule has 0 unspecified atom stereocenters. The molecule has 2 aromatic rings. The Balaban J connectivity index is 1.65. The van der Waals surface area contributed by atoms with Gasteiger partial charge in [0.05, 0.1) is 11.8 Å². The molecule has 2 aliphatic rings. The number of carbonyl (C=O) groups is 1. The van der Waals surface area contributed by atoms with Crippen LogP contribution in [-0.2, 0) is 11.3 Å². The van der Waals surface area contributed by atoms with Crippen molar-refractivity contribution in [3.8, 4) is 17.3 Å². The van der Waals surface area contributed by atoms with E-state index in [0.717, 1.165) is 19.3 Å². The highest BCUT2D eigenvalue weighted by atomic mass is 19.3. The number of aromatic nitrogens is 2. The molecule has 1 N–H and O–H groups in total. The molecule has 2 saturated carbocycles. The second-order valence-electron chi connectivity index (χ2n) is 8.04. The van der Waals surface area contributed by atoms with Crippen LogP contribution in [0.15, 0.2) is 24.3 Å². The first kappa shape index (κ1) is 21.3. The quantitative estimate of drug-likeness (QED) is 0.638. The number of alkyl halides is 4. The Kier molecular flexibility index (Phi) is 5.23. The van der Waals surface area contributed by atoms with E-state index in [2.05, 4.69) is 10.4 Å². The molecule has 0 bridgehead atoms. The minimum Gasteiger partial charge on any atom is -0.311 e. The molecule has 1 amide bonds. The topological polar surface area (TPSA) is 70.7 Å². The molecule has 1 aromatic heterocycles. The summed E-state index contributed by atoms with van der Waals surface area (Å²) >= 11 is 0. The summed E-state index contributed by atoms with van der Waals surface area (Å²) in [7, 11) is 0. The van der Waals surface area contributed by atoms with Crippen molar-refractivity contribution in [2.75, 3.05) is 5.32 Å². The van der Waals surface area contributed by atoms with Crippen molar-refractivity contribution in [3.63, 3.8) is 0 Å². The number of benzene rings is 1. The molecular formula is C21H19F5N4O. The standard InChI is InChI=1S/C21H19F5N4O/c22-15-6-4-13(5-7-15)18-17(12-2-1-3-12)19(30(29-18)9-8-27)28-16(31)10-14-11-20(23,24)21(14,25)26/h4-7,12,14H,1-3,9-11H2,(H,28,31)/t14-/m1/s1. The van der Waals surface area contributed by atoms with Gasteiger partial charge in [-0.3, -0.25) is 4.79 Å². The van der Waals surface area contributed by atoms with Crippen molar-refractivity contribution in [1.82, 2.24) is 9.78 Å². The molecule has 10 heteroatoms. The maximum absolute atomic E-state index is 13.6. The van der Waals surface area contributed by atoms with Crippen molar-refractivity contribution in [3.05, 3.63) is 35.6 Å². The molecule has 31 heavy (non-hydrogen) atoms. The number of anilines is 1. The van der Waals surface area contributed by atoms with E-state index in [0.29, 0.717) is 16.8 Å². The number of hydrogen-bond acceptors (Lipinski definition) is 3. The van der Waals surface area contributed by atoms with Gasteiger partial charge < -0.3 is 5.32 Å². The van der Waals surface area contributed by atoms with Gasteiger partial charge in [-0.1, -0.05) is 6.42 Å². The van der Waals surface area contributed by atoms with Crippen LogP contribution in [0.1, 0.15) is 43.6 Å². The maximum atomic E-state index is 13.6. The van der Waals surface area contributed by atoms with E-state index in [9.17, 15) is 26.7 Å². The van der Waals surface area contributed by atoms with Crippen LogP contribution < -0.4 is 5.32 Å². The molecule has 4 rings (SSSR count). The van der Waals surface area contributed by atoms with E-state index < -0.39 is 42.3 Å². The number of rotatable bonds is 6. The molecular weight excluding hydrogens is 419 g/mol. The summed E-state index contributed by atoms with van der Waals surface area (Å²) in [6, 6.07) is 7.51. The zero-order valence-electron chi connectivity index (χ0n) is 16.3. The highest BCUT2D eigenvalue weighted by molar-refractivity contribution is 5.92. The van der Waals surface area contributed by atoms with Crippen LogP contribution in [0.5, 0.6) is 0 Å². The van der Waals surface area contributed by atoms with Gasteiger partial charge in [0.25, 0.3) is 0 Å². The minimum absolute atomic E-state index is 0.0253. The zero-order chi connectivity index (χ0) is 22.4. The van der Waals surface area contributed by atoms with Crippen LogP contribution >= 0.6 is 0 Å². The third-order valence-electron chi connectivity index (χ3n) is 6.03. The Labute approximate surface area is 174 Å². The number of nitrogens with one attached hydrogen (secondary N) is 1. The van der Waals surface area contributed by atoms with Gasteiger partial charge in [-0.15, -0.1) is 0 Å². The summed E-state index contributed by atoms with van der Waals surface area (Å²) in [5, 5.41) is 16.1. The highest BCUT2D eigenvalue weighted by Crippen LogP contribution is 2.56. The number of halogens is 5. The Hall–Kier alpha value is -2.96. The van der Waals surface area contributed by atoms with Gasteiger partial charge in [0.2, 0.25) is 5.91 Å². The van der Waals surface area contributed by atoms with Gasteiger partial charge in [0.15, 0.2) is 0 Å². The molecule has 0 radical (unpaired) electrons. The summed E-state index contributed by atoms with van der Waals surface area (Å²) in [6.07, 6.45) is 0.746. The van der Waals surface area contributed by atoms with E-state index in [4.69, 9.17) is 5.26 Å². The van der Waals surface area contributed by atoms with E-state index in [1.165, 1.54) is 28.9 Å². The summed E-state index contributed by atoms with van der Waals surface area (Å²) in [6.45, 7) is -0.214. The van der Waals surface area contributed by atoms with Crippen LogP contribution in [0.25, 0.3) is 11.3 Å². The fraction of sp³-hybridized carbons (Fsp3) is 0.476. The van der Waals surface area contributed by atoms with Crippen molar-refractivity contribution < 1.29 is 26.7 Å². The number of hydrogen-bond donors (Lipinski definition) is 1. The summed E-state index contributed by atoms with van der Waals surface area (Å²) < 4.78 is 68.0. The lowest BCUT2D eigenvalue weighted by Crippen LogP contribution is -2.59. The third kappa shape index (κ3) is 3.66. The first-order chi connectivity index (χ1) is 14.6. The summed E-state index contributed by atoms with van der Waals surface area (Å²) in [5.74, 6) is -11.1. The van der Waals surface area contributed by atoms with Gasteiger partial charge in [0, 0.05) is 29.9 Å². The Morgan fingerprint density at radius 2 is 1.90 bits per heavy atom. The van der Waals surface area contributed by atoms with Crippen LogP contribution in [0, 0.1) is 23.1 Å². The van der Waals surface area contributed by atoms with E-state index >= 15 is 0 Å². The minimum atomic E-state index is -4.23. The lowest BCUT2D eigenvalue weighted by molar-refractivity contribution is -0.313. The third-order valence-corrected chi connectivity index (χ3v) is 6.03. The van der Waals surface area contributed by atoms with E-state index in [-0.39, 0.29) is 18.3 Å². The van der Waals surface area contributed by atoms with Gasteiger partial charge in [0.1, 0.15) is 18.2 Å². The molecule has 164 valence electrons. The molecule has 0 aliphatic heterocycles. The van der Waals surface area contributed by atoms with Crippen LogP contribution in [0.3, 0.4) is 0 Å². The predicted octanol–water partition coefficient (Wildman–Crippen LogP) is 5.10. The van der Waals surface area contributed by atoms with E-state index in [1.54, 1.807) is 0 Å². The lowest BCUT2D eigenvalue weighted by Gasteiger charge is -2.43. The molecule has 1 aromatic carbocycles. The highest BCUT2D eigenvalue weighted by Gasteiger charge is 2.71. The second-order valence-corrected chi connectivity index (χ2v) is 8.04. The summed E-state index contributed by atoms with van der Waals surface area (Å²) in [4.78, 5) is 12.5. The molecule has 5 nitrogen and oxygen atoms in total. The fourth-order valence-electron chi connectivity index (χ4n) is 4.04. The van der Waals surface area contributed by atoms with Gasteiger partial charge in [-0.2, -0.15) is 27.9 Å². The van der Waals surface area contributed by atoms with E-state index in [1.807, 2.05) is 6.07 Å². The SMILES string of the molecule is N#CCn1nc(-c2ccc(F)cc2)c(C2CCC2)c1NC(=O)C[C@@H]1CC(F)(F)C1(F)F. The van der Waals surface area contributed by atoms with Crippen LogP contribution in [-0.4, -0.2) is 27.5 Å². The van der Waals surface area contributed by atoms with Gasteiger partial charge in [-0.05, 0) is 43.0 Å². The Morgan fingerprint density at radius 3 is 2.42 bits per heavy atom. The average Bonchev–Trinajstić information content (AvgIpc) is 2.99. The zero-order valence-corrected chi connectivity index (χ0v) is 16.3. The van der Waals surface area contributed by atoms with Crippen molar-refractivity contribution >= 4 is 11.7 Å². The van der Waals surface area contributed by atoms with Gasteiger partial charge >= 0.3 is 11.8 Å². The molecule has 0 saturated heterocycles. The normalized spacial score (nSPS) is 21.6. The number of nitrogens with zero attached hydrogens (tertiary/aromatic N) is 3. The lowest BCUT2D eigenvalue weighted by atomic mass is 9.74. The predicted molar refractivity (Wildman–Crippen MR) is 101 cm³/mol. The first-order valence-corrected chi connectivity index (χ1v) is 9.93. The van der Waals surface area contributed by atoms with Crippen LogP contribution in [0.4, 0.5) is 27.8 Å². The van der Waals surface area contributed by atoms with Crippen molar-refractivity contribution in [2.45, 2.75) is 56.4 Å². The largest absolute Gasteiger partial charge is 0.313 e. The first-order valence-electron chi connectivity index (χ1n) is 9.93. The monoisotopic (exact) mass is 438 g/mol. The average molecular weight is 438 g/mol. The Morgan fingerprint density at radius 1 is 1.23 bits per heavy atom. The van der Waals surface area contributed by atoms with Crippen molar-refractivity contribution in [1.29, 1.82) is 5.26 Å². The molecule has 2 fully saturated rings. The Bertz CT molecular complexity index is 1040. The van der Waals surface area contributed by atoms with Crippen LogP contribution in [0.2, 0.25) is 0 Å². The second kappa shape index (κ2) is 7.62. The smallest absolute Gasteiger partial charge is 0.311 e. The van der Waals surface area contributed by atoms with Gasteiger partial charge in [-0.25, -0.2) is 9.07 Å². The number of amides is 1. The molecule has 2 aliphatic carbocycles. The molecule has 1 atom stereocenters.